The summed E-state index contributed by atoms with van der Waals surface area (Å²) in [4.78, 5) is 27.7. The summed E-state index contributed by atoms with van der Waals surface area (Å²) in [5.41, 5.74) is 2.51. The summed E-state index contributed by atoms with van der Waals surface area (Å²) in [5.74, 6) is -0.325. The van der Waals surface area contributed by atoms with Crippen LogP contribution in [-0.2, 0) is 4.79 Å². The number of amides is 2. The first-order chi connectivity index (χ1) is 10.1. The van der Waals surface area contributed by atoms with Crippen molar-refractivity contribution in [3.63, 3.8) is 0 Å². The smallest absolute Gasteiger partial charge is 0.255 e. The second kappa shape index (κ2) is 6.65. The van der Waals surface area contributed by atoms with Crippen LogP contribution in [0.25, 0.3) is 0 Å². The Morgan fingerprint density at radius 2 is 1.95 bits per heavy atom. The van der Waals surface area contributed by atoms with Gasteiger partial charge in [0, 0.05) is 23.9 Å². The van der Waals surface area contributed by atoms with Gasteiger partial charge in [-0.1, -0.05) is 13.0 Å². The van der Waals surface area contributed by atoms with E-state index in [-0.39, 0.29) is 11.8 Å². The van der Waals surface area contributed by atoms with Crippen molar-refractivity contribution in [3.05, 3.63) is 53.9 Å². The fourth-order valence-electron chi connectivity index (χ4n) is 1.80. The molecule has 0 aliphatic rings. The number of anilines is 2. The van der Waals surface area contributed by atoms with E-state index >= 15 is 0 Å². The van der Waals surface area contributed by atoms with E-state index in [9.17, 15) is 9.59 Å². The molecule has 21 heavy (non-hydrogen) atoms. The number of carbonyl (C=O) groups is 2. The first kappa shape index (κ1) is 14.7. The lowest BCUT2D eigenvalue weighted by Crippen LogP contribution is -2.14. The summed E-state index contributed by atoms with van der Waals surface area (Å²) in [6.07, 6.45) is 2.07. The molecule has 0 fully saturated rings. The van der Waals surface area contributed by atoms with Crippen molar-refractivity contribution >= 4 is 23.2 Å². The van der Waals surface area contributed by atoms with Crippen LogP contribution in [0.1, 0.15) is 29.4 Å². The number of nitrogens with zero attached hydrogens (tertiary/aromatic N) is 1. The summed E-state index contributed by atoms with van der Waals surface area (Å²) in [5, 5.41) is 5.54. The van der Waals surface area contributed by atoms with Crippen molar-refractivity contribution in [1.82, 2.24) is 4.98 Å². The van der Waals surface area contributed by atoms with Gasteiger partial charge in [0.15, 0.2) is 0 Å². The number of aromatic nitrogens is 1. The summed E-state index contributed by atoms with van der Waals surface area (Å²) in [6.45, 7) is 3.60. The molecule has 2 amide bonds. The maximum atomic E-state index is 12.2. The number of nitrogens with one attached hydrogen (secondary N) is 2. The molecule has 5 nitrogen and oxygen atoms in total. The summed E-state index contributed by atoms with van der Waals surface area (Å²) in [7, 11) is 0. The van der Waals surface area contributed by atoms with Crippen molar-refractivity contribution in [2.45, 2.75) is 20.3 Å². The minimum Gasteiger partial charge on any atom is -0.326 e. The SMILES string of the molecule is CCC(=O)Nc1cccc(C(=O)Nc2cccnc2C)c1. The normalized spacial score (nSPS) is 10.0. The van der Waals surface area contributed by atoms with Gasteiger partial charge in [-0.25, -0.2) is 0 Å². The van der Waals surface area contributed by atoms with Crippen LogP contribution in [-0.4, -0.2) is 16.8 Å². The van der Waals surface area contributed by atoms with E-state index in [1.807, 2.05) is 6.92 Å². The van der Waals surface area contributed by atoms with Gasteiger partial charge in [0.2, 0.25) is 5.91 Å². The molecule has 2 rings (SSSR count). The van der Waals surface area contributed by atoms with Crippen molar-refractivity contribution < 1.29 is 9.59 Å². The highest BCUT2D eigenvalue weighted by molar-refractivity contribution is 6.05. The molecular weight excluding hydrogens is 266 g/mol. The summed E-state index contributed by atoms with van der Waals surface area (Å²) >= 11 is 0. The summed E-state index contributed by atoms with van der Waals surface area (Å²) in [6, 6.07) is 10.4. The van der Waals surface area contributed by atoms with Crippen LogP contribution in [0, 0.1) is 6.92 Å². The first-order valence-electron chi connectivity index (χ1n) is 6.73. The Morgan fingerprint density at radius 1 is 1.14 bits per heavy atom. The fraction of sp³-hybridized carbons (Fsp3) is 0.188. The molecule has 2 N–H and O–H groups in total. The third-order valence-electron chi connectivity index (χ3n) is 2.98. The zero-order chi connectivity index (χ0) is 15.2. The van der Waals surface area contributed by atoms with Crippen molar-refractivity contribution in [2.24, 2.45) is 0 Å². The van der Waals surface area contributed by atoms with E-state index in [2.05, 4.69) is 15.6 Å². The Balaban J connectivity index is 2.14. The molecule has 0 aliphatic heterocycles. The molecule has 0 saturated heterocycles. The van der Waals surface area contributed by atoms with E-state index in [4.69, 9.17) is 0 Å². The molecule has 5 heteroatoms. The zero-order valence-electron chi connectivity index (χ0n) is 12.0. The molecular formula is C16H17N3O2. The molecule has 1 aromatic carbocycles. The predicted octanol–water partition coefficient (Wildman–Crippen LogP) is 2.99. The molecule has 0 spiro atoms. The highest BCUT2D eigenvalue weighted by Gasteiger charge is 2.09. The van der Waals surface area contributed by atoms with Gasteiger partial charge in [-0.05, 0) is 37.3 Å². The van der Waals surface area contributed by atoms with Gasteiger partial charge in [0.05, 0.1) is 11.4 Å². The number of carbonyl (C=O) groups excluding carboxylic acids is 2. The van der Waals surface area contributed by atoms with Gasteiger partial charge < -0.3 is 10.6 Å². The van der Waals surface area contributed by atoms with Gasteiger partial charge >= 0.3 is 0 Å². The Hall–Kier alpha value is -2.69. The number of hydrogen-bond donors (Lipinski definition) is 2. The third-order valence-corrected chi connectivity index (χ3v) is 2.98. The molecule has 0 saturated carbocycles. The molecule has 1 heterocycles. The van der Waals surface area contributed by atoms with E-state index in [1.54, 1.807) is 49.5 Å². The van der Waals surface area contributed by atoms with Crippen molar-refractivity contribution in [1.29, 1.82) is 0 Å². The van der Waals surface area contributed by atoms with Crippen LogP contribution in [0.2, 0.25) is 0 Å². The van der Waals surface area contributed by atoms with E-state index in [1.165, 1.54) is 0 Å². The van der Waals surface area contributed by atoms with Gasteiger partial charge in [0.1, 0.15) is 0 Å². The maximum absolute atomic E-state index is 12.2. The van der Waals surface area contributed by atoms with Crippen LogP contribution in [0.4, 0.5) is 11.4 Å². The van der Waals surface area contributed by atoms with E-state index in [0.29, 0.717) is 23.4 Å². The Labute approximate surface area is 123 Å². The summed E-state index contributed by atoms with van der Waals surface area (Å²) < 4.78 is 0. The highest BCUT2D eigenvalue weighted by Crippen LogP contribution is 2.15. The first-order valence-corrected chi connectivity index (χ1v) is 6.73. The van der Waals surface area contributed by atoms with E-state index < -0.39 is 0 Å². The number of benzene rings is 1. The minimum absolute atomic E-state index is 0.0874. The van der Waals surface area contributed by atoms with Crippen molar-refractivity contribution in [2.75, 3.05) is 10.6 Å². The van der Waals surface area contributed by atoms with E-state index in [0.717, 1.165) is 5.69 Å². The minimum atomic E-state index is -0.237. The monoisotopic (exact) mass is 283 g/mol. The fourth-order valence-corrected chi connectivity index (χ4v) is 1.80. The number of pyridine rings is 1. The highest BCUT2D eigenvalue weighted by atomic mass is 16.2. The molecule has 1 aromatic heterocycles. The molecule has 108 valence electrons. The van der Waals surface area contributed by atoms with Crippen LogP contribution < -0.4 is 10.6 Å². The molecule has 2 aromatic rings. The average Bonchev–Trinajstić information content (AvgIpc) is 2.49. The average molecular weight is 283 g/mol. The second-order valence-corrected chi connectivity index (χ2v) is 4.57. The predicted molar refractivity (Wildman–Crippen MR) is 82.3 cm³/mol. The Bertz CT molecular complexity index is 668. The van der Waals surface area contributed by atoms with Gasteiger partial charge in [-0.15, -0.1) is 0 Å². The lowest BCUT2D eigenvalue weighted by Gasteiger charge is -2.09. The van der Waals surface area contributed by atoms with Crippen LogP contribution in [0.15, 0.2) is 42.6 Å². The second-order valence-electron chi connectivity index (χ2n) is 4.57. The number of hydrogen-bond acceptors (Lipinski definition) is 3. The van der Waals surface area contributed by atoms with Crippen molar-refractivity contribution in [3.8, 4) is 0 Å². The van der Waals surface area contributed by atoms with Crippen LogP contribution in [0.3, 0.4) is 0 Å². The van der Waals surface area contributed by atoms with Gasteiger partial charge in [0.25, 0.3) is 5.91 Å². The van der Waals surface area contributed by atoms with Crippen LogP contribution in [0.5, 0.6) is 0 Å². The van der Waals surface area contributed by atoms with Crippen LogP contribution >= 0.6 is 0 Å². The molecule has 0 aliphatic carbocycles. The van der Waals surface area contributed by atoms with Gasteiger partial charge in [-0.3, -0.25) is 14.6 Å². The Morgan fingerprint density at radius 3 is 2.67 bits per heavy atom. The van der Waals surface area contributed by atoms with Gasteiger partial charge in [-0.2, -0.15) is 0 Å². The topological polar surface area (TPSA) is 71.1 Å². The molecule has 0 radical (unpaired) electrons. The Kier molecular flexibility index (Phi) is 4.66. The lowest BCUT2D eigenvalue weighted by molar-refractivity contribution is -0.115. The largest absolute Gasteiger partial charge is 0.326 e. The maximum Gasteiger partial charge on any atom is 0.255 e. The third kappa shape index (κ3) is 3.89. The number of aryl methyl sites for hydroxylation is 1. The molecule has 0 bridgehead atoms. The molecule has 0 unspecified atom stereocenters. The lowest BCUT2D eigenvalue weighted by atomic mass is 10.1. The number of rotatable bonds is 4. The quantitative estimate of drug-likeness (QED) is 0.906. The zero-order valence-corrected chi connectivity index (χ0v) is 12.0. The standard InChI is InChI=1S/C16H17N3O2/c1-3-15(20)18-13-7-4-6-12(10-13)16(21)19-14-8-5-9-17-11(14)2/h4-10H,3H2,1-2H3,(H,18,20)(H,19,21). The molecule has 0 atom stereocenters.